The van der Waals surface area contributed by atoms with Crippen LogP contribution in [0.1, 0.15) is 40.6 Å². The molecule has 1 saturated carbocycles. The van der Waals surface area contributed by atoms with Crippen LogP contribution in [0.3, 0.4) is 0 Å². The standard InChI is InChI=1S/C23H29N3O4/c1-16-14-21(17(2)26(16)19-4-5-19)23(28)30-15-22(27)25-12-10-24(11-13-25)18-6-8-20(29-3)9-7-18/h6-9,14,19H,4-5,10-13,15H2,1-3H3. The summed E-state index contributed by atoms with van der Waals surface area (Å²) in [6.45, 7) is 6.45. The number of hydrogen-bond donors (Lipinski definition) is 0. The molecule has 4 rings (SSSR count). The van der Waals surface area contributed by atoms with Gasteiger partial charge in [0.1, 0.15) is 5.75 Å². The molecule has 7 heteroatoms. The molecule has 0 spiro atoms. The Morgan fingerprint density at radius 1 is 1.03 bits per heavy atom. The Kier molecular flexibility index (Phi) is 5.70. The Labute approximate surface area is 177 Å². The number of benzene rings is 1. The summed E-state index contributed by atoms with van der Waals surface area (Å²) in [5, 5.41) is 0. The fourth-order valence-electron chi connectivity index (χ4n) is 4.18. The first-order valence-corrected chi connectivity index (χ1v) is 10.5. The first-order chi connectivity index (χ1) is 14.5. The summed E-state index contributed by atoms with van der Waals surface area (Å²) >= 11 is 0. The third-order valence-electron chi connectivity index (χ3n) is 6.01. The van der Waals surface area contributed by atoms with Crippen molar-refractivity contribution in [2.75, 3.05) is 44.8 Å². The van der Waals surface area contributed by atoms with Crippen LogP contribution < -0.4 is 9.64 Å². The predicted octanol–water partition coefficient (Wildman–Crippen LogP) is 2.95. The number of anilines is 1. The van der Waals surface area contributed by atoms with Gasteiger partial charge >= 0.3 is 5.97 Å². The number of aromatic nitrogens is 1. The van der Waals surface area contributed by atoms with Crippen molar-refractivity contribution < 1.29 is 19.1 Å². The number of aryl methyl sites for hydroxylation is 1. The van der Waals surface area contributed by atoms with E-state index in [1.807, 2.05) is 44.2 Å². The molecular formula is C23H29N3O4. The van der Waals surface area contributed by atoms with Gasteiger partial charge in [-0.3, -0.25) is 4.79 Å². The first-order valence-electron chi connectivity index (χ1n) is 10.5. The molecule has 1 saturated heterocycles. The van der Waals surface area contributed by atoms with E-state index in [-0.39, 0.29) is 12.5 Å². The smallest absolute Gasteiger partial charge is 0.340 e. The normalized spacial score (nSPS) is 16.5. The van der Waals surface area contributed by atoms with Crippen molar-refractivity contribution in [2.24, 2.45) is 0 Å². The van der Waals surface area contributed by atoms with Gasteiger partial charge in [-0.2, -0.15) is 0 Å². The van der Waals surface area contributed by atoms with E-state index in [1.165, 1.54) is 0 Å². The van der Waals surface area contributed by atoms with Crippen LogP contribution in [0.15, 0.2) is 30.3 Å². The average Bonchev–Trinajstić information content (AvgIpc) is 3.56. The molecule has 0 N–H and O–H groups in total. The Morgan fingerprint density at radius 3 is 2.30 bits per heavy atom. The lowest BCUT2D eigenvalue weighted by Crippen LogP contribution is -2.49. The minimum Gasteiger partial charge on any atom is -0.497 e. The molecule has 30 heavy (non-hydrogen) atoms. The van der Waals surface area contributed by atoms with E-state index in [1.54, 1.807) is 12.0 Å². The molecule has 2 aliphatic rings. The maximum absolute atomic E-state index is 12.5. The number of nitrogens with zero attached hydrogens (tertiary/aromatic N) is 3. The van der Waals surface area contributed by atoms with Gasteiger partial charge in [0.2, 0.25) is 0 Å². The molecule has 1 amide bonds. The maximum atomic E-state index is 12.5. The Balaban J connectivity index is 1.28. The molecule has 2 heterocycles. The molecule has 0 atom stereocenters. The lowest BCUT2D eigenvalue weighted by Gasteiger charge is -2.36. The highest BCUT2D eigenvalue weighted by Crippen LogP contribution is 2.38. The number of methoxy groups -OCH3 is 1. The number of carbonyl (C=O) groups excluding carboxylic acids is 2. The highest BCUT2D eigenvalue weighted by molar-refractivity contribution is 5.92. The SMILES string of the molecule is COc1ccc(N2CCN(C(=O)COC(=O)c3cc(C)n(C4CC4)c3C)CC2)cc1. The van der Waals surface area contributed by atoms with E-state index in [4.69, 9.17) is 9.47 Å². The molecule has 2 fully saturated rings. The maximum Gasteiger partial charge on any atom is 0.340 e. The summed E-state index contributed by atoms with van der Waals surface area (Å²) < 4.78 is 12.8. The Morgan fingerprint density at radius 2 is 1.70 bits per heavy atom. The van der Waals surface area contributed by atoms with Crippen molar-refractivity contribution >= 4 is 17.6 Å². The summed E-state index contributed by atoms with van der Waals surface area (Å²) in [7, 11) is 1.65. The summed E-state index contributed by atoms with van der Waals surface area (Å²) in [5.41, 5.74) is 3.68. The number of ether oxygens (including phenoxy) is 2. The molecule has 160 valence electrons. The minimum atomic E-state index is -0.416. The van der Waals surface area contributed by atoms with Crippen LogP contribution in [0, 0.1) is 13.8 Å². The van der Waals surface area contributed by atoms with Crippen LogP contribution in [0.4, 0.5) is 5.69 Å². The number of piperazine rings is 1. The van der Waals surface area contributed by atoms with Gasteiger partial charge in [-0.1, -0.05) is 0 Å². The highest BCUT2D eigenvalue weighted by atomic mass is 16.5. The molecule has 1 aromatic carbocycles. The lowest BCUT2D eigenvalue weighted by atomic mass is 10.2. The number of hydrogen-bond acceptors (Lipinski definition) is 5. The topological polar surface area (TPSA) is 64.0 Å². The molecule has 1 aliphatic carbocycles. The van der Waals surface area contributed by atoms with Gasteiger partial charge < -0.3 is 23.8 Å². The summed E-state index contributed by atoms with van der Waals surface area (Å²) in [5.74, 6) is 0.265. The fourth-order valence-corrected chi connectivity index (χ4v) is 4.18. The Hall–Kier alpha value is -2.96. The van der Waals surface area contributed by atoms with Crippen LogP contribution >= 0.6 is 0 Å². The van der Waals surface area contributed by atoms with Crippen molar-refractivity contribution in [1.29, 1.82) is 0 Å². The van der Waals surface area contributed by atoms with E-state index >= 15 is 0 Å². The van der Waals surface area contributed by atoms with Gasteiger partial charge in [0.25, 0.3) is 5.91 Å². The van der Waals surface area contributed by atoms with E-state index in [2.05, 4.69) is 9.47 Å². The van der Waals surface area contributed by atoms with Gasteiger partial charge in [0, 0.05) is 49.3 Å². The van der Waals surface area contributed by atoms with Crippen LogP contribution in [-0.4, -0.2) is 61.2 Å². The second-order valence-electron chi connectivity index (χ2n) is 8.03. The van der Waals surface area contributed by atoms with Gasteiger partial charge in [-0.05, 0) is 57.0 Å². The number of esters is 1. The molecule has 1 aliphatic heterocycles. The third kappa shape index (κ3) is 4.15. The summed E-state index contributed by atoms with van der Waals surface area (Å²) in [4.78, 5) is 29.1. The number of amides is 1. The van der Waals surface area contributed by atoms with Gasteiger partial charge in [-0.25, -0.2) is 4.79 Å². The Bertz CT molecular complexity index is 923. The number of carbonyl (C=O) groups is 2. The quantitative estimate of drug-likeness (QED) is 0.684. The van der Waals surface area contributed by atoms with Crippen LogP contribution in [-0.2, 0) is 9.53 Å². The largest absolute Gasteiger partial charge is 0.497 e. The molecular weight excluding hydrogens is 382 g/mol. The van der Waals surface area contributed by atoms with E-state index in [9.17, 15) is 9.59 Å². The number of rotatable bonds is 6. The minimum absolute atomic E-state index is 0.145. The highest BCUT2D eigenvalue weighted by Gasteiger charge is 2.29. The van der Waals surface area contributed by atoms with Crippen molar-refractivity contribution in [1.82, 2.24) is 9.47 Å². The fraction of sp³-hybridized carbons (Fsp3) is 0.478. The van der Waals surface area contributed by atoms with Crippen molar-refractivity contribution in [2.45, 2.75) is 32.7 Å². The molecule has 0 radical (unpaired) electrons. The zero-order chi connectivity index (χ0) is 21.3. The predicted molar refractivity (Wildman–Crippen MR) is 114 cm³/mol. The van der Waals surface area contributed by atoms with E-state index in [0.717, 1.165) is 48.8 Å². The lowest BCUT2D eigenvalue weighted by molar-refractivity contribution is -0.134. The zero-order valence-electron chi connectivity index (χ0n) is 17.9. The van der Waals surface area contributed by atoms with Crippen molar-refractivity contribution in [3.05, 3.63) is 47.3 Å². The molecule has 2 aromatic rings. The second-order valence-corrected chi connectivity index (χ2v) is 8.03. The van der Waals surface area contributed by atoms with Crippen LogP contribution in [0.25, 0.3) is 0 Å². The van der Waals surface area contributed by atoms with Gasteiger partial charge in [0.15, 0.2) is 6.61 Å². The third-order valence-corrected chi connectivity index (χ3v) is 6.01. The zero-order valence-corrected chi connectivity index (χ0v) is 17.9. The summed E-state index contributed by atoms with van der Waals surface area (Å²) in [6, 6.07) is 10.3. The molecule has 0 bridgehead atoms. The molecule has 7 nitrogen and oxygen atoms in total. The molecule has 1 aromatic heterocycles. The van der Waals surface area contributed by atoms with Gasteiger partial charge in [-0.15, -0.1) is 0 Å². The van der Waals surface area contributed by atoms with Crippen molar-refractivity contribution in [3.8, 4) is 5.75 Å². The molecule has 0 unspecified atom stereocenters. The second kappa shape index (κ2) is 8.42. The van der Waals surface area contributed by atoms with Crippen LogP contribution in [0.5, 0.6) is 5.75 Å². The average molecular weight is 412 g/mol. The monoisotopic (exact) mass is 411 g/mol. The van der Waals surface area contributed by atoms with Crippen LogP contribution in [0.2, 0.25) is 0 Å². The van der Waals surface area contributed by atoms with Crippen molar-refractivity contribution in [3.63, 3.8) is 0 Å². The summed E-state index contributed by atoms with van der Waals surface area (Å²) in [6.07, 6.45) is 2.32. The van der Waals surface area contributed by atoms with Gasteiger partial charge in [0.05, 0.1) is 12.7 Å². The van der Waals surface area contributed by atoms with E-state index < -0.39 is 5.97 Å². The van der Waals surface area contributed by atoms with E-state index in [0.29, 0.717) is 24.7 Å². The first kappa shape index (κ1) is 20.3.